The molecule has 1 aliphatic heterocycles. The Morgan fingerprint density at radius 1 is 0.897 bits per heavy atom. The van der Waals surface area contributed by atoms with Crippen LogP contribution < -0.4 is 10.2 Å². The number of thiazole rings is 1. The van der Waals surface area contributed by atoms with Crippen molar-refractivity contribution in [3.63, 3.8) is 0 Å². The molecule has 1 N–H and O–H groups in total. The van der Waals surface area contributed by atoms with E-state index in [1.54, 1.807) is 0 Å². The van der Waals surface area contributed by atoms with Crippen LogP contribution in [0.15, 0.2) is 85.2 Å². The van der Waals surface area contributed by atoms with Crippen molar-refractivity contribution in [2.75, 3.05) is 36.4 Å². The van der Waals surface area contributed by atoms with Crippen molar-refractivity contribution < 1.29 is 4.92 Å². The van der Waals surface area contributed by atoms with Gasteiger partial charge in [0.1, 0.15) is 6.33 Å². The Morgan fingerprint density at radius 2 is 1.56 bits per heavy atom. The lowest BCUT2D eigenvalue weighted by Crippen LogP contribution is -2.48. The Bertz CT molecular complexity index is 1560. The third kappa shape index (κ3) is 5.04. The lowest BCUT2D eigenvalue weighted by molar-refractivity contribution is -0.383. The SMILES string of the molecule is Cc1cccc2sc(Nc3ncnc(N4CCN(C(c5ccccc5)c5ccccc5)CC4)c3[N+](=O)[O-])nc12. The van der Waals surface area contributed by atoms with Gasteiger partial charge in [0.15, 0.2) is 5.13 Å². The fraction of sp³-hybridized carbons (Fsp3) is 0.207. The predicted octanol–water partition coefficient (Wildman–Crippen LogP) is 5.96. The van der Waals surface area contributed by atoms with Crippen LogP contribution >= 0.6 is 11.3 Å². The number of rotatable bonds is 7. The van der Waals surface area contributed by atoms with Gasteiger partial charge >= 0.3 is 5.69 Å². The Labute approximate surface area is 229 Å². The minimum atomic E-state index is -0.403. The van der Waals surface area contributed by atoms with E-state index in [0.717, 1.165) is 28.9 Å². The molecule has 2 aromatic heterocycles. The number of nitrogens with one attached hydrogen (secondary N) is 1. The molecule has 196 valence electrons. The quantitative estimate of drug-likeness (QED) is 0.201. The third-order valence-corrected chi connectivity index (χ3v) is 7.98. The maximum atomic E-state index is 12.3. The summed E-state index contributed by atoms with van der Waals surface area (Å²) in [4.78, 5) is 29.5. The molecule has 1 aliphatic rings. The van der Waals surface area contributed by atoms with Crippen LogP contribution in [-0.2, 0) is 0 Å². The molecular weight excluding hydrogens is 510 g/mol. The highest BCUT2D eigenvalue weighted by molar-refractivity contribution is 7.22. The van der Waals surface area contributed by atoms with E-state index in [1.165, 1.54) is 28.8 Å². The molecule has 1 fully saturated rings. The molecular formula is C29H27N7O2S. The average Bonchev–Trinajstić information content (AvgIpc) is 3.38. The maximum absolute atomic E-state index is 12.3. The first-order chi connectivity index (χ1) is 19.1. The van der Waals surface area contributed by atoms with E-state index in [4.69, 9.17) is 0 Å². The number of nitro groups is 1. The van der Waals surface area contributed by atoms with Gasteiger partial charge < -0.3 is 10.2 Å². The van der Waals surface area contributed by atoms with Gasteiger partial charge in [-0.1, -0.05) is 84.1 Å². The largest absolute Gasteiger partial charge is 0.353 e. The molecule has 0 amide bonds. The van der Waals surface area contributed by atoms with Crippen molar-refractivity contribution in [1.29, 1.82) is 0 Å². The van der Waals surface area contributed by atoms with Crippen molar-refractivity contribution in [1.82, 2.24) is 19.9 Å². The van der Waals surface area contributed by atoms with Gasteiger partial charge in [0.05, 0.1) is 21.2 Å². The van der Waals surface area contributed by atoms with Crippen LogP contribution in [-0.4, -0.2) is 51.0 Å². The van der Waals surface area contributed by atoms with Crippen LogP contribution in [0.25, 0.3) is 10.2 Å². The Hall–Kier alpha value is -4.41. The fourth-order valence-electron chi connectivity index (χ4n) is 5.18. The van der Waals surface area contributed by atoms with Gasteiger partial charge in [0.25, 0.3) is 0 Å². The Kier molecular flexibility index (Phi) is 6.87. The standard InChI is InChI=1S/C29H27N7O2S/c1-20-9-8-14-23-24(20)32-29(39-23)33-27-26(36(37)38)28(31-19-30-27)35-17-15-34(16-18-35)25(21-10-4-2-5-11-21)22-12-6-3-7-13-22/h2-14,19,25H,15-18H2,1H3,(H,30,31,32,33). The molecule has 0 unspecified atom stereocenters. The number of benzene rings is 3. The molecule has 0 radical (unpaired) electrons. The van der Waals surface area contributed by atoms with Gasteiger partial charge in [-0.2, -0.15) is 0 Å². The third-order valence-electron chi connectivity index (χ3n) is 7.04. The highest BCUT2D eigenvalue weighted by Gasteiger charge is 2.32. The second-order valence-electron chi connectivity index (χ2n) is 9.46. The average molecular weight is 538 g/mol. The fourth-order valence-corrected chi connectivity index (χ4v) is 6.12. The van der Waals surface area contributed by atoms with Gasteiger partial charge in [0.2, 0.25) is 11.6 Å². The van der Waals surface area contributed by atoms with Gasteiger partial charge in [-0.05, 0) is 29.7 Å². The molecule has 10 heteroatoms. The smallest absolute Gasteiger partial charge is 0.348 e. The Balaban J connectivity index is 1.26. The second-order valence-corrected chi connectivity index (χ2v) is 10.5. The molecule has 3 aromatic carbocycles. The van der Waals surface area contributed by atoms with Gasteiger partial charge in [0, 0.05) is 26.2 Å². The number of nitrogens with zero attached hydrogens (tertiary/aromatic N) is 6. The van der Waals surface area contributed by atoms with E-state index in [9.17, 15) is 10.1 Å². The molecule has 39 heavy (non-hydrogen) atoms. The molecule has 6 rings (SSSR count). The van der Waals surface area contributed by atoms with Crippen LogP contribution in [0.1, 0.15) is 22.7 Å². The van der Waals surface area contributed by atoms with Crippen molar-refractivity contribution >= 4 is 44.0 Å². The molecule has 1 saturated heterocycles. The summed E-state index contributed by atoms with van der Waals surface area (Å²) in [6, 6.07) is 27.0. The van der Waals surface area contributed by atoms with Crippen LogP contribution in [0.5, 0.6) is 0 Å². The summed E-state index contributed by atoms with van der Waals surface area (Å²) in [5, 5.41) is 15.9. The minimum absolute atomic E-state index is 0.106. The number of aromatic nitrogens is 3. The summed E-state index contributed by atoms with van der Waals surface area (Å²) < 4.78 is 1.01. The van der Waals surface area contributed by atoms with Crippen LogP contribution in [0.4, 0.5) is 22.5 Å². The predicted molar refractivity (Wildman–Crippen MR) is 155 cm³/mol. The van der Waals surface area contributed by atoms with Crippen LogP contribution in [0.3, 0.4) is 0 Å². The zero-order valence-electron chi connectivity index (χ0n) is 21.4. The molecule has 9 nitrogen and oxygen atoms in total. The molecule has 0 atom stereocenters. The number of anilines is 3. The number of piperazine rings is 1. The van der Waals surface area contributed by atoms with Crippen molar-refractivity contribution in [2.45, 2.75) is 13.0 Å². The van der Waals surface area contributed by atoms with Crippen LogP contribution in [0, 0.1) is 17.0 Å². The first-order valence-corrected chi connectivity index (χ1v) is 13.6. The maximum Gasteiger partial charge on any atom is 0.353 e. The normalized spacial score (nSPS) is 14.2. The van der Waals surface area contributed by atoms with Crippen molar-refractivity contribution in [3.8, 4) is 0 Å². The zero-order valence-corrected chi connectivity index (χ0v) is 22.2. The number of hydrogen-bond acceptors (Lipinski definition) is 9. The monoisotopic (exact) mass is 537 g/mol. The number of fused-ring (bicyclic) bond motifs is 1. The van der Waals surface area contributed by atoms with Crippen molar-refractivity contribution in [3.05, 3.63) is 112 Å². The van der Waals surface area contributed by atoms with Gasteiger partial charge in [-0.15, -0.1) is 0 Å². The van der Waals surface area contributed by atoms with Gasteiger partial charge in [-0.3, -0.25) is 15.0 Å². The number of aryl methyl sites for hydroxylation is 1. The molecule has 0 saturated carbocycles. The second kappa shape index (κ2) is 10.8. The Morgan fingerprint density at radius 3 is 2.18 bits per heavy atom. The van der Waals surface area contributed by atoms with E-state index < -0.39 is 4.92 Å². The summed E-state index contributed by atoms with van der Waals surface area (Å²) in [6.07, 6.45) is 1.38. The van der Waals surface area contributed by atoms with E-state index >= 15 is 0 Å². The molecule has 5 aromatic rings. The molecule has 3 heterocycles. The highest BCUT2D eigenvalue weighted by Crippen LogP contribution is 2.37. The molecule has 0 bridgehead atoms. The molecule has 0 aliphatic carbocycles. The highest BCUT2D eigenvalue weighted by atomic mass is 32.1. The van der Waals surface area contributed by atoms with E-state index in [-0.39, 0.29) is 17.5 Å². The van der Waals surface area contributed by atoms with E-state index in [0.29, 0.717) is 24.0 Å². The summed E-state index contributed by atoms with van der Waals surface area (Å²) in [7, 11) is 0. The first-order valence-electron chi connectivity index (χ1n) is 12.8. The number of hydrogen-bond donors (Lipinski definition) is 1. The van der Waals surface area contributed by atoms with Crippen LogP contribution in [0.2, 0.25) is 0 Å². The van der Waals surface area contributed by atoms with Crippen molar-refractivity contribution in [2.24, 2.45) is 0 Å². The van der Waals surface area contributed by atoms with E-state index in [1.807, 2.05) is 42.2 Å². The summed E-state index contributed by atoms with van der Waals surface area (Å²) in [5.74, 6) is 0.473. The topological polar surface area (TPSA) is 100 Å². The van der Waals surface area contributed by atoms with E-state index in [2.05, 4.69) is 73.7 Å². The lowest BCUT2D eigenvalue weighted by Gasteiger charge is -2.40. The zero-order chi connectivity index (χ0) is 26.8. The van der Waals surface area contributed by atoms with Gasteiger partial charge in [-0.25, -0.2) is 15.0 Å². The molecule has 0 spiro atoms. The summed E-state index contributed by atoms with van der Waals surface area (Å²) >= 11 is 1.44. The number of para-hydroxylation sites is 1. The first kappa shape index (κ1) is 24.9. The summed E-state index contributed by atoms with van der Waals surface area (Å²) in [5.41, 5.74) is 4.25. The summed E-state index contributed by atoms with van der Waals surface area (Å²) in [6.45, 7) is 4.67. The minimum Gasteiger partial charge on any atom is -0.348 e. The lowest BCUT2D eigenvalue weighted by atomic mass is 9.96.